The zero-order valence-electron chi connectivity index (χ0n) is 11.5. The third kappa shape index (κ3) is 15.4. The summed E-state index contributed by atoms with van der Waals surface area (Å²) in [5, 5.41) is 8.62. The molecule has 17 heavy (non-hydrogen) atoms. The molecule has 1 nitrogen and oxygen atoms in total. The highest BCUT2D eigenvalue weighted by atomic mass is 16.2. The summed E-state index contributed by atoms with van der Waals surface area (Å²) in [5.41, 5.74) is 0. The molecule has 0 aliphatic rings. The lowest BCUT2D eigenvalue weighted by Gasteiger charge is -1.94. The molecule has 0 aliphatic heterocycles. The van der Waals surface area contributed by atoms with Gasteiger partial charge in [0.2, 0.25) is 0 Å². The van der Waals surface area contributed by atoms with Crippen LogP contribution in [0.5, 0.6) is 0 Å². The van der Waals surface area contributed by atoms with Gasteiger partial charge in [0, 0.05) is 6.61 Å². The van der Waals surface area contributed by atoms with Crippen LogP contribution in [0.1, 0.15) is 71.1 Å². The van der Waals surface area contributed by atoms with Gasteiger partial charge in [0.1, 0.15) is 0 Å². The van der Waals surface area contributed by atoms with Gasteiger partial charge in [0.05, 0.1) is 0 Å². The third-order valence-corrected chi connectivity index (χ3v) is 2.86. The average Bonchev–Trinajstić information content (AvgIpc) is 2.35. The molecule has 0 unspecified atom stereocenters. The Hall–Kier alpha value is -0.560. The van der Waals surface area contributed by atoms with Gasteiger partial charge in [-0.2, -0.15) is 0 Å². The van der Waals surface area contributed by atoms with Gasteiger partial charge >= 0.3 is 0 Å². The van der Waals surface area contributed by atoms with Crippen molar-refractivity contribution in [2.75, 3.05) is 6.61 Å². The minimum Gasteiger partial charge on any atom is -0.396 e. The summed E-state index contributed by atoms with van der Waals surface area (Å²) in [7, 11) is 0. The van der Waals surface area contributed by atoms with E-state index in [-0.39, 0.29) is 0 Å². The number of aliphatic hydroxyl groups is 1. The first-order valence-corrected chi connectivity index (χ1v) is 7.32. The molecule has 0 atom stereocenters. The summed E-state index contributed by atoms with van der Waals surface area (Å²) in [4.78, 5) is 0. The molecule has 0 heterocycles. The fourth-order valence-electron chi connectivity index (χ4n) is 1.75. The zero-order valence-corrected chi connectivity index (χ0v) is 11.5. The molecule has 100 valence electrons. The lowest BCUT2D eigenvalue weighted by molar-refractivity contribution is 0.283. The molecule has 0 aliphatic carbocycles. The Labute approximate surface area is 108 Å². The van der Waals surface area contributed by atoms with Crippen molar-refractivity contribution in [2.45, 2.75) is 71.1 Å². The maximum atomic E-state index is 8.62. The van der Waals surface area contributed by atoms with E-state index in [4.69, 9.17) is 5.11 Å². The highest BCUT2D eigenvalue weighted by molar-refractivity contribution is 4.92. The molecular weight excluding hydrogens is 208 g/mol. The van der Waals surface area contributed by atoms with Gasteiger partial charge < -0.3 is 5.11 Å². The molecule has 0 amide bonds. The summed E-state index contributed by atoms with van der Waals surface area (Å²) in [5.74, 6) is 0. The highest BCUT2D eigenvalue weighted by Gasteiger charge is 1.85. The highest BCUT2D eigenvalue weighted by Crippen LogP contribution is 2.04. The molecular formula is C16H30O. The van der Waals surface area contributed by atoms with E-state index < -0.39 is 0 Å². The molecule has 0 fully saturated rings. The van der Waals surface area contributed by atoms with Gasteiger partial charge in [-0.05, 0) is 38.5 Å². The van der Waals surface area contributed by atoms with E-state index in [1.54, 1.807) is 0 Å². The van der Waals surface area contributed by atoms with Gasteiger partial charge in [-0.25, -0.2) is 0 Å². The second-order valence-electron chi connectivity index (χ2n) is 4.60. The van der Waals surface area contributed by atoms with Crippen molar-refractivity contribution in [2.24, 2.45) is 0 Å². The Morgan fingerprint density at radius 3 is 1.82 bits per heavy atom. The van der Waals surface area contributed by atoms with Crippen molar-refractivity contribution in [1.82, 2.24) is 0 Å². The molecule has 0 spiro atoms. The van der Waals surface area contributed by atoms with Crippen molar-refractivity contribution in [3.63, 3.8) is 0 Å². The summed E-state index contributed by atoms with van der Waals surface area (Å²) in [6.07, 6.45) is 21.3. The van der Waals surface area contributed by atoms with Crippen molar-refractivity contribution in [1.29, 1.82) is 0 Å². The van der Waals surface area contributed by atoms with Crippen LogP contribution >= 0.6 is 0 Å². The normalized spacial score (nSPS) is 11.9. The van der Waals surface area contributed by atoms with Crippen LogP contribution in [0, 0.1) is 0 Å². The van der Waals surface area contributed by atoms with Crippen LogP contribution in [-0.4, -0.2) is 11.7 Å². The van der Waals surface area contributed by atoms with E-state index in [0.717, 1.165) is 25.7 Å². The standard InChI is InChI=1S/C16H30O/c1-2-3-4-5-6-7-8-9-10-11-12-13-14-15-16-17/h7-8,10-11,17H,2-6,9,12-16H2,1H3/b8-7+,11-10+. The number of rotatable bonds is 12. The Morgan fingerprint density at radius 1 is 0.706 bits per heavy atom. The van der Waals surface area contributed by atoms with Crippen LogP contribution in [0.2, 0.25) is 0 Å². The predicted molar refractivity (Wildman–Crippen MR) is 77.2 cm³/mol. The van der Waals surface area contributed by atoms with Gasteiger partial charge in [-0.1, -0.05) is 56.9 Å². The second kappa shape index (κ2) is 15.4. The third-order valence-electron chi connectivity index (χ3n) is 2.86. The van der Waals surface area contributed by atoms with Gasteiger partial charge in [-0.3, -0.25) is 0 Å². The lowest BCUT2D eigenvalue weighted by Crippen LogP contribution is -1.81. The lowest BCUT2D eigenvalue weighted by atomic mass is 10.1. The van der Waals surface area contributed by atoms with Crippen molar-refractivity contribution in [3.8, 4) is 0 Å². The quantitative estimate of drug-likeness (QED) is 0.374. The summed E-state index contributed by atoms with van der Waals surface area (Å²) in [6.45, 7) is 2.59. The molecule has 0 aromatic heterocycles. The topological polar surface area (TPSA) is 20.2 Å². The second-order valence-corrected chi connectivity index (χ2v) is 4.60. The summed E-state index contributed by atoms with van der Waals surface area (Å²) < 4.78 is 0. The Morgan fingerprint density at radius 2 is 1.29 bits per heavy atom. The average molecular weight is 238 g/mol. The fraction of sp³-hybridized carbons (Fsp3) is 0.750. The number of hydrogen-bond acceptors (Lipinski definition) is 1. The number of allylic oxidation sites excluding steroid dienone is 4. The predicted octanol–water partition coefficient (Wildman–Crippen LogP) is 5.01. The van der Waals surface area contributed by atoms with E-state index in [1.807, 2.05) is 0 Å². The van der Waals surface area contributed by atoms with Crippen LogP contribution < -0.4 is 0 Å². The van der Waals surface area contributed by atoms with Crippen molar-refractivity contribution < 1.29 is 5.11 Å². The zero-order chi connectivity index (χ0) is 12.6. The van der Waals surface area contributed by atoms with E-state index in [0.29, 0.717) is 6.61 Å². The molecule has 0 bridgehead atoms. The van der Waals surface area contributed by atoms with E-state index in [1.165, 1.54) is 38.5 Å². The maximum Gasteiger partial charge on any atom is 0.0431 e. The molecule has 0 radical (unpaired) electrons. The number of hydrogen-bond donors (Lipinski definition) is 1. The van der Waals surface area contributed by atoms with Crippen molar-refractivity contribution >= 4 is 0 Å². The molecule has 1 N–H and O–H groups in total. The van der Waals surface area contributed by atoms with Crippen LogP contribution in [0.25, 0.3) is 0 Å². The smallest absolute Gasteiger partial charge is 0.0431 e. The maximum absolute atomic E-state index is 8.62. The van der Waals surface area contributed by atoms with Gasteiger partial charge in [0.25, 0.3) is 0 Å². The Bertz CT molecular complexity index is 162. The largest absolute Gasteiger partial charge is 0.396 e. The van der Waals surface area contributed by atoms with Crippen LogP contribution in [0.4, 0.5) is 0 Å². The minimum absolute atomic E-state index is 0.338. The van der Waals surface area contributed by atoms with E-state index in [2.05, 4.69) is 31.2 Å². The first kappa shape index (κ1) is 16.4. The molecule has 0 rings (SSSR count). The van der Waals surface area contributed by atoms with E-state index >= 15 is 0 Å². The number of aliphatic hydroxyl groups excluding tert-OH is 1. The van der Waals surface area contributed by atoms with Crippen LogP contribution in [-0.2, 0) is 0 Å². The Balaban J connectivity index is 3.14. The fourth-order valence-corrected chi connectivity index (χ4v) is 1.75. The Kier molecular flexibility index (Phi) is 14.9. The van der Waals surface area contributed by atoms with Gasteiger partial charge in [0.15, 0.2) is 0 Å². The minimum atomic E-state index is 0.338. The summed E-state index contributed by atoms with van der Waals surface area (Å²) >= 11 is 0. The van der Waals surface area contributed by atoms with Gasteiger partial charge in [-0.15, -0.1) is 0 Å². The van der Waals surface area contributed by atoms with Crippen molar-refractivity contribution in [3.05, 3.63) is 24.3 Å². The molecule has 0 saturated carbocycles. The van der Waals surface area contributed by atoms with Crippen LogP contribution in [0.3, 0.4) is 0 Å². The number of unbranched alkanes of at least 4 members (excludes halogenated alkanes) is 7. The molecule has 0 aromatic carbocycles. The first-order valence-electron chi connectivity index (χ1n) is 7.32. The molecule has 0 aromatic rings. The van der Waals surface area contributed by atoms with Crippen LogP contribution in [0.15, 0.2) is 24.3 Å². The SMILES string of the molecule is CCCCCC/C=C/C/C=C/CCCCCO. The summed E-state index contributed by atoms with van der Waals surface area (Å²) in [6, 6.07) is 0. The van der Waals surface area contributed by atoms with E-state index in [9.17, 15) is 0 Å². The molecule has 0 saturated heterocycles. The molecule has 1 heteroatoms. The monoisotopic (exact) mass is 238 g/mol. The first-order chi connectivity index (χ1) is 8.41.